The summed E-state index contributed by atoms with van der Waals surface area (Å²) >= 11 is 0. The molecule has 29 heavy (non-hydrogen) atoms. The van der Waals surface area contributed by atoms with Crippen molar-refractivity contribution in [2.75, 3.05) is 25.1 Å². The van der Waals surface area contributed by atoms with E-state index in [4.69, 9.17) is 9.47 Å². The highest BCUT2D eigenvalue weighted by molar-refractivity contribution is 6.08. The van der Waals surface area contributed by atoms with Crippen molar-refractivity contribution < 1.29 is 24.2 Å². The van der Waals surface area contributed by atoms with Gasteiger partial charge in [-0.05, 0) is 13.0 Å². The van der Waals surface area contributed by atoms with Gasteiger partial charge in [-0.2, -0.15) is 0 Å². The first-order valence-corrected chi connectivity index (χ1v) is 9.44. The normalized spacial score (nSPS) is 16.3. The van der Waals surface area contributed by atoms with Crippen LogP contribution >= 0.6 is 0 Å². The molecule has 1 fully saturated rings. The third kappa shape index (κ3) is 3.55. The number of hydrogen-bond donors (Lipinski definition) is 2. The van der Waals surface area contributed by atoms with E-state index in [1.807, 2.05) is 6.07 Å². The van der Waals surface area contributed by atoms with E-state index < -0.39 is 5.97 Å². The van der Waals surface area contributed by atoms with Gasteiger partial charge in [0.25, 0.3) is 5.91 Å². The number of ether oxygens (including phenoxy) is 2. The van der Waals surface area contributed by atoms with Crippen LogP contribution in [0.1, 0.15) is 44.8 Å². The van der Waals surface area contributed by atoms with Crippen LogP contribution in [0.5, 0.6) is 11.6 Å². The van der Waals surface area contributed by atoms with Gasteiger partial charge in [0.05, 0.1) is 36.7 Å². The Labute approximate surface area is 167 Å². The Kier molecular flexibility index (Phi) is 4.96. The van der Waals surface area contributed by atoms with Gasteiger partial charge in [0.1, 0.15) is 17.7 Å². The lowest BCUT2D eigenvalue weighted by Gasteiger charge is -2.34. The van der Waals surface area contributed by atoms with E-state index in [2.05, 4.69) is 20.2 Å². The molecule has 0 aliphatic carbocycles. The molecule has 1 saturated heterocycles. The lowest BCUT2D eigenvalue weighted by molar-refractivity contribution is 0.0690. The van der Waals surface area contributed by atoms with E-state index in [1.165, 1.54) is 0 Å². The average Bonchev–Trinajstić information content (AvgIpc) is 3.09. The zero-order valence-corrected chi connectivity index (χ0v) is 16.3. The summed E-state index contributed by atoms with van der Waals surface area (Å²) in [6, 6.07) is 3.58. The summed E-state index contributed by atoms with van der Waals surface area (Å²) < 4.78 is 11.1. The average molecular weight is 398 g/mol. The third-order valence-electron chi connectivity index (χ3n) is 5.31. The maximum atomic E-state index is 12.0. The first kappa shape index (κ1) is 19.0. The fourth-order valence-electron chi connectivity index (χ4n) is 3.85. The van der Waals surface area contributed by atoms with E-state index in [1.54, 1.807) is 26.3 Å². The number of carboxylic acids is 1. The van der Waals surface area contributed by atoms with Gasteiger partial charge in [-0.3, -0.25) is 4.79 Å². The van der Waals surface area contributed by atoms with Crippen LogP contribution in [0.2, 0.25) is 0 Å². The topological polar surface area (TPSA) is 114 Å². The number of methoxy groups -OCH3 is 1. The van der Waals surface area contributed by atoms with E-state index >= 15 is 0 Å². The number of carboxylic acid groups (broad SMARTS) is 1. The number of carbonyl (C=O) groups excluding carboxylic acids is 1. The molecule has 0 unspecified atom stereocenters. The summed E-state index contributed by atoms with van der Waals surface area (Å²) in [7, 11) is 1.56. The summed E-state index contributed by atoms with van der Waals surface area (Å²) in [4.78, 5) is 34.7. The minimum atomic E-state index is -1.11. The molecule has 2 aromatic rings. The van der Waals surface area contributed by atoms with Crippen LogP contribution < -0.4 is 19.7 Å². The molecule has 1 amide bonds. The van der Waals surface area contributed by atoms with E-state index in [-0.39, 0.29) is 29.7 Å². The first-order valence-electron chi connectivity index (χ1n) is 9.44. The smallest absolute Gasteiger partial charge is 0.336 e. The summed E-state index contributed by atoms with van der Waals surface area (Å²) in [5.74, 6) is 0.369. The number of fused-ring (bicyclic) bond motifs is 1. The quantitative estimate of drug-likeness (QED) is 0.784. The highest BCUT2D eigenvalue weighted by atomic mass is 16.5. The van der Waals surface area contributed by atoms with Crippen molar-refractivity contribution in [3.8, 4) is 11.6 Å². The molecular formula is C20H22N4O5. The predicted octanol–water partition coefficient (Wildman–Crippen LogP) is 1.78. The fraction of sp³-hybridized carbons (Fsp3) is 0.400. The second-order valence-corrected chi connectivity index (χ2v) is 7.09. The largest absolute Gasteiger partial charge is 0.489 e. The number of amides is 1. The lowest BCUT2D eigenvalue weighted by Crippen LogP contribution is -2.39. The lowest BCUT2D eigenvalue weighted by atomic mass is 10.0. The second kappa shape index (κ2) is 7.57. The molecule has 152 valence electrons. The van der Waals surface area contributed by atoms with Crippen LogP contribution in [0, 0.1) is 6.92 Å². The van der Waals surface area contributed by atoms with Gasteiger partial charge in [-0.1, -0.05) is 0 Å². The molecule has 0 radical (unpaired) electrons. The minimum Gasteiger partial charge on any atom is -0.489 e. The molecule has 2 N–H and O–H groups in total. The number of nitrogens with zero attached hydrogens (tertiary/aromatic N) is 3. The molecule has 0 aromatic carbocycles. The molecule has 0 atom stereocenters. The van der Waals surface area contributed by atoms with Gasteiger partial charge in [0, 0.05) is 37.6 Å². The minimum absolute atomic E-state index is 0.0402. The number of aromatic carboxylic acids is 1. The highest BCUT2D eigenvalue weighted by Crippen LogP contribution is 2.31. The number of aromatic nitrogens is 2. The molecule has 0 saturated carbocycles. The third-order valence-corrected chi connectivity index (χ3v) is 5.31. The Hall–Kier alpha value is -3.36. The number of pyridine rings is 2. The molecule has 4 heterocycles. The van der Waals surface area contributed by atoms with Crippen LogP contribution in [0.15, 0.2) is 18.3 Å². The van der Waals surface area contributed by atoms with Crippen LogP contribution in [-0.2, 0) is 6.54 Å². The SMILES string of the molecule is COc1ccc(OC2CCN(c3nc4c(c(C(=O)O)c3C)C(=O)NC4)CC2)cn1. The monoisotopic (exact) mass is 398 g/mol. The zero-order valence-electron chi connectivity index (χ0n) is 16.3. The van der Waals surface area contributed by atoms with Crippen molar-refractivity contribution in [3.05, 3.63) is 40.7 Å². The maximum absolute atomic E-state index is 12.0. The standard InChI is InChI=1S/C20H22N4O5/c1-11-16(20(26)27)17-14(10-22-19(17)25)23-18(11)24-7-5-12(6-8-24)29-13-3-4-15(28-2)21-9-13/h3-4,9,12H,5-8,10H2,1-2H3,(H,22,25)(H,26,27). The molecule has 9 nitrogen and oxygen atoms in total. The Morgan fingerprint density at radius 2 is 2.07 bits per heavy atom. The molecule has 0 spiro atoms. The van der Waals surface area contributed by atoms with Crippen LogP contribution in [0.4, 0.5) is 5.82 Å². The molecule has 2 aliphatic heterocycles. The van der Waals surface area contributed by atoms with E-state index in [9.17, 15) is 14.7 Å². The van der Waals surface area contributed by atoms with Crippen LogP contribution in [0.3, 0.4) is 0 Å². The number of hydrogen-bond acceptors (Lipinski definition) is 7. The Morgan fingerprint density at radius 3 is 2.69 bits per heavy atom. The Balaban J connectivity index is 1.49. The summed E-state index contributed by atoms with van der Waals surface area (Å²) in [6.07, 6.45) is 3.21. The summed E-state index contributed by atoms with van der Waals surface area (Å²) in [6.45, 7) is 3.33. The Morgan fingerprint density at radius 1 is 1.31 bits per heavy atom. The van der Waals surface area contributed by atoms with Crippen molar-refractivity contribution in [1.29, 1.82) is 0 Å². The number of anilines is 1. The second-order valence-electron chi connectivity index (χ2n) is 7.09. The maximum Gasteiger partial charge on any atom is 0.336 e. The number of carbonyl (C=O) groups is 2. The van der Waals surface area contributed by atoms with Gasteiger partial charge < -0.3 is 24.8 Å². The molecule has 4 rings (SSSR count). The predicted molar refractivity (Wildman–Crippen MR) is 104 cm³/mol. The van der Waals surface area contributed by atoms with Gasteiger partial charge >= 0.3 is 5.97 Å². The van der Waals surface area contributed by atoms with Crippen LogP contribution in [-0.4, -0.2) is 53.3 Å². The first-order chi connectivity index (χ1) is 14.0. The van der Waals surface area contributed by atoms with Crippen molar-refractivity contribution in [2.45, 2.75) is 32.4 Å². The molecule has 9 heteroatoms. The van der Waals surface area contributed by atoms with Gasteiger partial charge in [-0.25, -0.2) is 14.8 Å². The van der Waals surface area contributed by atoms with Gasteiger partial charge in [-0.15, -0.1) is 0 Å². The Bertz CT molecular complexity index is 952. The number of rotatable bonds is 5. The zero-order chi connectivity index (χ0) is 20.5. The summed E-state index contributed by atoms with van der Waals surface area (Å²) in [5, 5.41) is 12.3. The molecular weight excluding hydrogens is 376 g/mol. The van der Waals surface area contributed by atoms with Crippen LogP contribution in [0.25, 0.3) is 0 Å². The number of piperidine rings is 1. The molecule has 0 bridgehead atoms. The van der Waals surface area contributed by atoms with Crippen molar-refractivity contribution in [2.24, 2.45) is 0 Å². The van der Waals surface area contributed by atoms with Gasteiger partial charge in [0.2, 0.25) is 5.88 Å². The van der Waals surface area contributed by atoms with E-state index in [0.29, 0.717) is 41.8 Å². The van der Waals surface area contributed by atoms with Gasteiger partial charge in [0.15, 0.2) is 0 Å². The van der Waals surface area contributed by atoms with E-state index in [0.717, 1.165) is 12.8 Å². The molecule has 2 aromatic heterocycles. The molecule has 2 aliphatic rings. The number of nitrogens with one attached hydrogen (secondary N) is 1. The highest BCUT2D eigenvalue weighted by Gasteiger charge is 2.32. The van der Waals surface area contributed by atoms with Crippen molar-refractivity contribution >= 4 is 17.7 Å². The summed E-state index contributed by atoms with van der Waals surface area (Å²) in [5.41, 5.74) is 1.24. The fourth-order valence-corrected chi connectivity index (χ4v) is 3.85. The van der Waals surface area contributed by atoms with Crippen molar-refractivity contribution in [3.63, 3.8) is 0 Å². The van der Waals surface area contributed by atoms with Crippen molar-refractivity contribution in [1.82, 2.24) is 15.3 Å².